The average molecular weight is 269 g/mol. The molecular weight excluding hydrogens is 258 g/mol. The van der Waals surface area contributed by atoms with Crippen LogP contribution in [0.3, 0.4) is 0 Å². The lowest BCUT2D eigenvalue weighted by Crippen LogP contribution is -2.05. The highest BCUT2D eigenvalue weighted by Crippen LogP contribution is 2.25. The molecule has 0 bridgehead atoms. The van der Waals surface area contributed by atoms with E-state index in [1.807, 2.05) is 6.92 Å². The van der Waals surface area contributed by atoms with Crippen LogP contribution in [0.15, 0.2) is 42.9 Å². The predicted molar refractivity (Wildman–Crippen MR) is 72.2 cm³/mol. The van der Waals surface area contributed by atoms with Gasteiger partial charge in [-0.15, -0.1) is 0 Å². The van der Waals surface area contributed by atoms with Gasteiger partial charge in [-0.2, -0.15) is 0 Å². The first kappa shape index (κ1) is 12.2. The van der Waals surface area contributed by atoms with Crippen LogP contribution in [-0.4, -0.2) is 25.7 Å². The topological polar surface area (TPSA) is 77.2 Å². The van der Waals surface area contributed by atoms with Crippen molar-refractivity contribution in [3.05, 3.63) is 48.5 Å². The largest absolute Gasteiger partial charge is 0.464 e. The van der Waals surface area contributed by atoms with Crippen molar-refractivity contribution in [1.29, 1.82) is 0 Å². The van der Waals surface area contributed by atoms with Crippen molar-refractivity contribution in [3.63, 3.8) is 0 Å². The van der Waals surface area contributed by atoms with Gasteiger partial charge in [-0.05, 0) is 31.2 Å². The summed E-state index contributed by atoms with van der Waals surface area (Å²) >= 11 is 0. The van der Waals surface area contributed by atoms with Gasteiger partial charge >= 0.3 is 6.09 Å². The molecule has 0 aliphatic rings. The highest BCUT2D eigenvalue weighted by molar-refractivity contribution is 5.89. The molecule has 6 heteroatoms. The first-order chi connectivity index (χ1) is 9.63. The van der Waals surface area contributed by atoms with Gasteiger partial charge in [-0.3, -0.25) is 4.57 Å². The van der Waals surface area contributed by atoms with E-state index in [0.717, 1.165) is 15.6 Å². The molecule has 0 spiro atoms. The molecule has 1 aromatic carbocycles. The van der Waals surface area contributed by atoms with Crippen LogP contribution >= 0.6 is 0 Å². The van der Waals surface area contributed by atoms with Crippen LogP contribution in [0.25, 0.3) is 10.9 Å². The molecular formula is C14H11N3O3. The molecule has 0 saturated carbocycles. The Bertz CT molecular complexity index is 795. The average Bonchev–Trinajstić information content (AvgIpc) is 2.82. The molecule has 20 heavy (non-hydrogen) atoms. The van der Waals surface area contributed by atoms with Crippen molar-refractivity contribution in [1.82, 2.24) is 14.5 Å². The quantitative estimate of drug-likeness (QED) is 0.773. The van der Waals surface area contributed by atoms with Crippen molar-refractivity contribution in [2.24, 2.45) is 0 Å². The third-order valence-corrected chi connectivity index (χ3v) is 2.87. The number of aromatic nitrogens is 3. The first-order valence-corrected chi connectivity index (χ1v) is 5.94. The van der Waals surface area contributed by atoms with E-state index in [1.165, 1.54) is 12.5 Å². The molecule has 0 unspecified atom stereocenters. The van der Waals surface area contributed by atoms with Gasteiger partial charge in [0.25, 0.3) is 0 Å². The predicted octanol–water partition coefficient (Wildman–Crippen LogP) is 3.06. The van der Waals surface area contributed by atoms with Crippen LogP contribution < -0.4 is 4.74 Å². The number of hydrogen-bond donors (Lipinski definition) is 1. The number of aryl methyl sites for hydroxylation is 1. The molecule has 1 N–H and O–H groups in total. The molecule has 0 radical (unpaired) electrons. The number of carbonyl (C=O) groups is 1. The Morgan fingerprint density at radius 2 is 2.10 bits per heavy atom. The number of carboxylic acid groups (broad SMARTS) is 1. The van der Waals surface area contributed by atoms with E-state index in [4.69, 9.17) is 9.84 Å². The van der Waals surface area contributed by atoms with Gasteiger partial charge in [0.1, 0.15) is 12.1 Å². The molecule has 0 amide bonds. The second kappa shape index (κ2) is 4.65. The minimum absolute atomic E-state index is 0.453. The molecule has 2 aromatic heterocycles. The summed E-state index contributed by atoms with van der Waals surface area (Å²) in [6.07, 6.45) is 1.93. The van der Waals surface area contributed by atoms with E-state index in [2.05, 4.69) is 9.97 Å². The molecule has 6 nitrogen and oxygen atoms in total. The van der Waals surface area contributed by atoms with Gasteiger partial charge in [0, 0.05) is 23.3 Å². The number of hydrogen-bond acceptors (Lipinski definition) is 4. The molecule has 3 aromatic rings. The van der Waals surface area contributed by atoms with Gasteiger partial charge in [0.05, 0.1) is 5.52 Å². The first-order valence-electron chi connectivity index (χ1n) is 5.94. The number of benzene rings is 1. The fourth-order valence-corrected chi connectivity index (χ4v) is 1.96. The van der Waals surface area contributed by atoms with Gasteiger partial charge < -0.3 is 9.84 Å². The number of ether oxygens (including phenoxy) is 1. The van der Waals surface area contributed by atoms with E-state index in [0.29, 0.717) is 17.1 Å². The van der Waals surface area contributed by atoms with Crippen LogP contribution in [0.4, 0.5) is 4.79 Å². The number of nitrogens with zero attached hydrogens (tertiary/aromatic N) is 3. The minimum Gasteiger partial charge on any atom is -0.464 e. The Hall–Kier alpha value is -2.89. The summed E-state index contributed by atoms with van der Waals surface area (Å²) < 4.78 is 6.79. The third-order valence-electron chi connectivity index (χ3n) is 2.87. The van der Waals surface area contributed by atoms with Crippen molar-refractivity contribution in [2.75, 3.05) is 0 Å². The Morgan fingerprint density at radius 3 is 2.85 bits per heavy atom. The van der Waals surface area contributed by atoms with Crippen LogP contribution in [0.2, 0.25) is 0 Å². The van der Waals surface area contributed by atoms with Gasteiger partial charge in [-0.1, -0.05) is 0 Å². The van der Waals surface area contributed by atoms with E-state index in [-0.39, 0.29) is 0 Å². The molecule has 0 aliphatic heterocycles. The van der Waals surface area contributed by atoms with Gasteiger partial charge in [0.2, 0.25) is 5.88 Å². The Labute approximate surface area is 114 Å². The summed E-state index contributed by atoms with van der Waals surface area (Å²) in [5.41, 5.74) is 1.43. The monoisotopic (exact) mass is 269 g/mol. The van der Waals surface area contributed by atoms with E-state index < -0.39 is 6.09 Å². The Kier molecular flexibility index (Phi) is 2.83. The normalized spacial score (nSPS) is 10.7. The van der Waals surface area contributed by atoms with Crippen LogP contribution in [-0.2, 0) is 0 Å². The zero-order valence-corrected chi connectivity index (χ0v) is 10.6. The van der Waals surface area contributed by atoms with Gasteiger partial charge in [0.15, 0.2) is 0 Å². The lowest BCUT2D eigenvalue weighted by atomic mass is 10.2. The molecule has 0 saturated heterocycles. The standard InChI is InChI=1S/C14H11N3O3/c1-9-6-13(16-8-15-9)20-11-2-3-12-10(7-11)4-5-17(12)14(18)19/h2-8H,1H3,(H,18,19). The highest BCUT2D eigenvalue weighted by atomic mass is 16.5. The fraction of sp³-hybridized carbons (Fsp3) is 0.0714. The third kappa shape index (κ3) is 2.18. The number of fused-ring (bicyclic) bond motifs is 1. The van der Waals surface area contributed by atoms with Crippen molar-refractivity contribution < 1.29 is 14.6 Å². The van der Waals surface area contributed by atoms with Crippen LogP contribution in [0.1, 0.15) is 5.69 Å². The second-order valence-electron chi connectivity index (χ2n) is 4.29. The maximum Gasteiger partial charge on any atom is 0.415 e. The summed E-state index contributed by atoms with van der Waals surface area (Å²) in [4.78, 5) is 19.0. The zero-order chi connectivity index (χ0) is 14.1. The summed E-state index contributed by atoms with van der Waals surface area (Å²) in [5.74, 6) is 1.05. The molecule has 2 heterocycles. The molecule has 3 rings (SSSR count). The van der Waals surface area contributed by atoms with E-state index in [1.54, 1.807) is 30.3 Å². The Balaban J connectivity index is 1.95. The van der Waals surface area contributed by atoms with Crippen LogP contribution in [0.5, 0.6) is 11.6 Å². The van der Waals surface area contributed by atoms with Crippen molar-refractivity contribution in [2.45, 2.75) is 6.92 Å². The molecule has 0 aliphatic carbocycles. The summed E-state index contributed by atoms with van der Waals surface area (Å²) in [6.45, 7) is 1.85. The van der Waals surface area contributed by atoms with Crippen molar-refractivity contribution >= 4 is 17.0 Å². The van der Waals surface area contributed by atoms with E-state index in [9.17, 15) is 4.79 Å². The van der Waals surface area contributed by atoms with E-state index >= 15 is 0 Å². The van der Waals surface area contributed by atoms with Crippen molar-refractivity contribution in [3.8, 4) is 11.6 Å². The maximum atomic E-state index is 11.0. The Morgan fingerprint density at radius 1 is 1.25 bits per heavy atom. The highest BCUT2D eigenvalue weighted by Gasteiger charge is 2.08. The molecule has 0 fully saturated rings. The SMILES string of the molecule is Cc1cc(Oc2ccc3c(ccn3C(=O)O)c2)ncn1. The fourth-order valence-electron chi connectivity index (χ4n) is 1.96. The molecule has 0 atom stereocenters. The zero-order valence-electron chi connectivity index (χ0n) is 10.6. The lowest BCUT2D eigenvalue weighted by Gasteiger charge is -2.05. The second-order valence-corrected chi connectivity index (χ2v) is 4.29. The number of rotatable bonds is 2. The summed E-state index contributed by atoms with van der Waals surface area (Å²) in [5, 5.41) is 9.81. The van der Waals surface area contributed by atoms with Gasteiger partial charge in [-0.25, -0.2) is 14.8 Å². The van der Waals surface area contributed by atoms with Crippen LogP contribution in [0, 0.1) is 6.92 Å². The minimum atomic E-state index is -1.01. The molecule has 100 valence electrons. The summed E-state index contributed by atoms with van der Waals surface area (Å²) in [6, 6.07) is 8.63. The lowest BCUT2D eigenvalue weighted by molar-refractivity contribution is 0.197. The maximum absolute atomic E-state index is 11.0. The smallest absolute Gasteiger partial charge is 0.415 e. The summed E-state index contributed by atoms with van der Waals surface area (Å²) in [7, 11) is 0.